The van der Waals surface area contributed by atoms with Crippen LogP contribution in [0.1, 0.15) is 41.0 Å². The monoisotopic (exact) mass is 265 g/mol. The van der Waals surface area contributed by atoms with Crippen LogP contribution in [0.2, 0.25) is 0 Å². The third-order valence-electron chi connectivity index (χ3n) is 2.90. The van der Waals surface area contributed by atoms with Gasteiger partial charge >= 0.3 is 8.80 Å². The molecular weight excluding hydrogens is 238 g/mol. The fourth-order valence-electron chi connectivity index (χ4n) is 1.87. The van der Waals surface area contributed by atoms with Crippen molar-refractivity contribution in [3.63, 3.8) is 0 Å². The molecule has 5 nitrogen and oxygen atoms in total. The Morgan fingerprint density at radius 1 is 1.06 bits per heavy atom. The summed E-state index contributed by atoms with van der Waals surface area (Å²) in [6.45, 7) is 10.6. The third kappa shape index (κ3) is 3.49. The van der Waals surface area contributed by atoms with Crippen molar-refractivity contribution in [3.8, 4) is 0 Å². The number of hydrogen-bond acceptors (Lipinski definition) is 5. The number of aliphatic hydroxyl groups is 1. The third-order valence-corrected chi connectivity index (χ3v) is 6.82. The van der Waals surface area contributed by atoms with Gasteiger partial charge in [0, 0.05) is 19.8 Å². The van der Waals surface area contributed by atoms with Gasteiger partial charge in [0.15, 0.2) is 0 Å². The second-order valence-electron chi connectivity index (χ2n) is 3.93. The Bertz CT molecular complexity index is 199. The molecular formula is C11H27NO4Si. The van der Waals surface area contributed by atoms with Crippen molar-refractivity contribution in [2.24, 2.45) is 5.73 Å². The van der Waals surface area contributed by atoms with Crippen molar-refractivity contribution in [3.05, 3.63) is 0 Å². The van der Waals surface area contributed by atoms with Crippen LogP contribution >= 0.6 is 0 Å². The summed E-state index contributed by atoms with van der Waals surface area (Å²) in [7, 11) is -3.08. The first-order valence-corrected chi connectivity index (χ1v) is 8.05. The Kier molecular flexibility index (Phi) is 7.46. The normalized spacial score (nSPS) is 17.8. The maximum atomic E-state index is 9.96. The molecule has 0 rings (SSSR count). The SMILES string of the molecule is CCO[Si](OCC)(OCC)C(N)(CC)C(C)O. The molecule has 6 heteroatoms. The second-order valence-corrected chi connectivity index (χ2v) is 6.83. The van der Waals surface area contributed by atoms with E-state index in [2.05, 4.69) is 0 Å². The van der Waals surface area contributed by atoms with Crippen molar-refractivity contribution < 1.29 is 18.4 Å². The zero-order chi connectivity index (χ0) is 13.5. The van der Waals surface area contributed by atoms with E-state index in [0.717, 1.165) is 0 Å². The Balaban J connectivity index is 5.33. The molecule has 0 aliphatic carbocycles. The van der Waals surface area contributed by atoms with E-state index in [1.165, 1.54) is 0 Å². The Morgan fingerprint density at radius 2 is 1.41 bits per heavy atom. The van der Waals surface area contributed by atoms with E-state index in [9.17, 15) is 5.11 Å². The highest BCUT2D eigenvalue weighted by atomic mass is 28.4. The molecule has 0 spiro atoms. The van der Waals surface area contributed by atoms with Crippen molar-refractivity contribution in [2.45, 2.75) is 52.3 Å². The van der Waals surface area contributed by atoms with Crippen molar-refractivity contribution >= 4 is 8.80 Å². The molecule has 0 aliphatic heterocycles. The summed E-state index contributed by atoms with van der Waals surface area (Å²) < 4.78 is 17.2. The van der Waals surface area contributed by atoms with Crippen molar-refractivity contribution in [1.29, 1.82) is 0 Å². The van der Waals surface area contributed by atoms with Crippen molar-refractivity contribution in [1.82, 2.24) is 0 Å². The van der Waals surface area contributed by atoms with Crippen molar-refractivity contribution in [2.75, 3.05) is 19.8 Å². The molecule has 0 fully saturated rings. The van der Waals surface area contributed by atoms with E-state index in [0.29, 0.717) is 26.2 Å². The van der Waals surface area contributed by atoms with E-state index < -0.39 is 20.1 Å². The lowest BCUT2D eigenvalue weighted by atomic mass is 10.1. The summed E-state index contributed by atoms with van der Waals surface area (Å²) in [5, 5.41) is 8.99. The molecule has 3 N–H and O–H groups in total. The minimum atomic E-state index is -3.08. The largest absolute Gasteiger partial charge is 0.524 e. The summed E-state index contributed by atoms with van der Waals surface area (Å²) >= 11 is 0. The maximum absolute atomic E-state index is 9.96. The van der Waals surface area contributed by atoms with Gasteiger partial charge in [-0.05, 0) is 34.1 Å². The van der Waals surface area contributed by atoms with Crippen LogP contribution in [0, 0.1) is 0 Å². The van der Waals surface area contributed by atoms with Gasteiger partial charge in [0.25, 0.3) is 0 Å². The molecule has 0 aliphatic rings. The highest BCUT2D eigenvalue weighted by Crippen LogP contribution is 2.29. The predicted octanol–water partition coefficient (Wildman–Crippen LogP) is 1.06. The van der Waals surface area contributed by atoms with Crippen LogP contribution in [-0.4, -0.2) is 45.0 Å². The van der Waals surface area contributed by atoms with Gasteiger partial charge < -0.3 is 24.1 Å². The molecule has 2 unspecified atom stereocenters. The summed E-state index contributed by atoms with van der Waals surface area (Å²) in [5.41, 5.74) is 6.31. The Hall–Kier alpha value is 0.0169. The average Bonchev–Trinajstić information content (AvgIpc) is 2.28. The standard InChI is InChI=1S/C11H27NO4Si/c1-6-11(12,10(5)13)17(14-7-2,15-8-3)16-9-4/h10,13H,6-9,12H2,1-5H3. The van der Waals surface area contributed by atoms with Crippen LogP contribution in [-0.2, 0) is 13.3 Å². The Labute approximate surface area is 106 Å². The molecule has 0 amide bonds. The van der Waals surface area contributed by atoms with Gasteiger partial charge in [-0.1, -0.05) is 6.92 Å². The molecule has 0 aromatic heterocycles. The van der Waals surface area contributed by atoms with E-state index in [1.54, 1.807) is 6.92 Å². The Morgan fingerprint density at radius 3 is 1.59 bits per heavy atom. The lowest BCUT2D eigenvalue weighted by Crippen LogP contribution is -2.74. The topological polar surface area (TPSA) is 73.9 Å². The van der Waals surface area contributed by atoms with Crippen LogP contribution in [0.5, 0.6) is 0 Å². The minimum absolute atomic E-state index is 0.456. The quantitative estimate of drug-likeness (QED) is 0.610. The van der Waals surface area contributed by atoms with Gasteiger partial charge in [0.1, 0.15) is 5.16 Å². The first-order valence-electron chi connectivity index (χ1n) is 6.32. The minimum Gasteiger partial charge on any atom is -0.392 e. The smallest absolute Gasteiger partial charge is 0.392 e. The number of rotatable bonds is 9. The van der Waals surface area contributed by atoms with Gasteiger partial charge in [0.2, 0.25) is 0 Å². The van der Waals surface area contributed by atoms with Crippen LogP contribution < -0.4 is 5.73 Å². The van der Waals surface area contributed by atoms with E-state index in [4.69, 9.17) is 19.0 Å². The maximum Gasteiger partial charge on any atom is 0.524 e. The van der Waals surface area contributed by atoms with Crippen LogP contribution in [0.25, 0.3) is 0 Å². The summed E-state index contributed by atoms with van der Waals surface area (Å²) in [6.07, 6.45) is -0.208. The first-order chi connectivity index (χ1) is 7.94. The predicted molar refractivity (Wildman–Crippen MR) is 69.5 cm³/mol. The zero-order valence-corrected chi connectivity index (χ0v) is 12.7. The fraction of sp³-hybridized carbons (Fsp3) is 1.00. The molecule has 0 heterocycles. The molecule has 0 saturated carbocycles. The molecule has 0 radical (unpaired) electrons. The van der Waals surface area contributed by atoms with Gasteiger partial charge in [-0.15, -0.1) is 0 Å². The van der Waals surface area contributed by atoms with Gasteiger partial charge in [-0.2, -0.15) is 0 Å². The summed E-state index contributed by atoms with van der Waals surface area (Å²) in [6, 6.07) is 0. The summed E-state index contributed by atoms with van der Waals surface area (Å²) in [4.78, 5) is 0. The van der Waals surface area contributed by atoms with Crippen LogP contribution in [0.15, 0.2) is 0 Å². The van der Waals surface area contributed by atoms with Gasteiger partial charge in [-0.3, -0.25) is 0 Å². The van der Waals surface area contributed by atoms with Gasteiger partial charge in [0.05, 0.1) is 6.10 Å². The molecule has 104 valence electrons. The zero-order valence-electron chi connectivity index (χ0n) is 11.7. The van der Waals surface area contributed by atoms with E-state index >= 15 is 0 Å². The molecule has 2 atom stereocenters. The molecule has 0 bridgehead atoms. The number of aliphatic hydroxyl groups excluding tert-OH is 1. The lowest BCUT2D eigenvalue weighted by Gasteiger charge is -2.43. The summed E-state index contributed by atoms with van der Waals surface area (Å²) in [5.74, 6) is 0. The molecule has 17 heavy (non-hydrogen) atoms. The average molecular weight is 265 g/mol. The molecule has 0 aromatic rings. The highest BCUT2D eigenvalue weighted by Gasteiger charge is 2.60. The second kappa shape index (κ2) is 7.45. The lowest BCUT2D eigenvalue weighted by molar-refractivity contribution is 0.0104. The van der Waals surface area contributed by atoms with Crippen LogP contribution in [0.3, 0.4) is 0 Å². The molecule has 0 aromatic carbocycles. The van der Waals surface area contributed by atoms with E-state index in [-0.39, 0.29) is 0 Å². The number of nitrogens with two attached hydrogens (primary N) is 1. The first kappa shape index (κ1) is 17.0. The van der Waals surface area contributed by atoms with E-state index in [1.807, 2.05) is 27.7 Å². The fourth-order valence-corrected chi connectivity index (χ4v) is 5.01. The number of hydrogen-bond donors (Lipinski definition) is 2. The molecule has 0 saturated heterocycles. The van der Waals surface area contributed by atoms with Gasteiger partial charge in [-0.25, -0.2) is 0 Å². The van der Waals surface area contributed by atoms with Crippen LogP contribution in [0.4, 0.5) is 0 Å². The highest BCUT2D eigenvalue weighted by molar-refractivity contribution is 6.64.